The summed E-state index contributed by atoms with van der Waals surface area (Å²) in [5.74, 6) is 0.973. The molecule has 0 fully saturated rings. The normalized spacial score (nSPS) is 11.6. The monoisotopic (exact) mass is 488 g/mol. The van der Waals surface area contributed by atoms with Gasteiger partial charge in [0, 0.05) is 25.3 Å². The highest BCUT2D eigenvalue weighted by Crippen LogP contribution is 2.20. The topological polar surface area (TPSA) is 49.4 Å². The summed E-state index contributed by atoms with van der Waals surface area (Å²) in [5.41, 5.74) is 5.73. The van der Waals surface area contributed by atoms with E-state index >= 15 is 0 Å². The highest BCUT2D eigenvalue weighted by Gasteiger charge is 2.30. The van der Waals surface area contributed by atoms with Crippen molar-refractivity contribution in [2.75, 3.05) is 12.3 Å². The number of rotatable bonds is 12. The van der Waals surface area contributed by atoms with Gasteiger partial charge in [-0.1, -0.05) is 96.9 Å². The first-order valence-electron chi connectivity index (χ1n) is 12.3. The zero-order chi connectivity index (χ0) is 25.0. The minimum Gasteiger partial charge on any atom is -0.354 e. The van der Waals surface area contributed by atoms with Gasteiger partial charge in [-0.3, -0.25) is 9.59 Å². The lowest BCUT2D eigenvalue weighted by atomic mass is 10.0. The molecule has 0 spiro atoms. The first-order valence-corrected chi connectivity index (χ1v) is 13.4. The van der Waals surface area contributed by atoms with E-state index in [1.54, 1.807) is 16.7 Å². The van der Waals surface area contributed by atoms with Crippen LogP contribution in [0.25, 0.3) is 0 Å². The van der Waals surface area contributed by atoms with Crippen molar-refractivity contribution in [3.8, 4) is 0 Å². The fourth-order valence-corrected chi connectivity index (χ4v) is 5.04. The van der Waals surface area contributed by atoms with E-state index in [9.17, 15) is 9.59 Å². The Morgan fingerprint density at radius 3 is 2.06 bits per heavy atom. The molecular formula is C30H36N2O2S. The lowest BCUT2D eigenvalue weighted by molar-refractivity contribution is -0.139. The zero-order valence-electron chi connectivity index (χ0n) is 21.0. The predicted octanol–water partition coefficient (Wildman–Crippen LogP) is 5.70. The van der Waals surface area contributed by atoms with E-state index in [-0.39, 0.29) is 11.8 Å². The van der Waals surface area contributed by atoms with Crippen molar-refractivity contribution in [1.82, 2.24) is 10.2 Å². The highest BCUT2D eigenvalue weighted by molar-refractivity contribution is 7.99. The molecule has 0 aromatic heterocycles. The number of carbonyl (C=O) groups excluding carboxylic acids is 2. The number of thioether (sulfide) groups is 1. The zero-order valence-corrected chi connectivity index (χ0v) is 21.8. The minimum atomic E-state index is -0.571. The van der Waals surface area contributed by atoms with Crippen LogP contribution in [0.15, 0.2) is 78.9 Å². The Morgan fingerprint density at radius 1 is 0.857 bits per heavy atom. The quantitative estimate of drug-likeness (QED) is 0.356. The molecule has 1 atom stereocenters. The Kier molecular flexibility index (Phi) is 10.4. The van der Waals surface area contributed by atoms with E-state index < -0.39 is 6.04 Å². The van der Waals surface area contributed by atoms with E-state index in [1.165, 1.54) is 16.7 Å². The molecule has 0 aliphatic carbocycles. The lowest BCUT2D eigenvalue weighted by Crippen LogP contribution is -2.51. The van der Waals surface area contributed by atoms with Gasteiger partial charge in [-0.25, -0.2) is 0 Å². The average Bonchev–Trinajstić information content (AvgIpc) is 2.85. The number of nitrogens with zero attached hydrogens (tertiary/aromatic N) is 1. The lowest BCUT2D eigenvalue weighted by Gasteiger charge is -2.31. The van der Waals surface area contributed by atoms with Gasteiger partial charge in [0.05, 0.1) is 5.75 Å². The summed E-state index contributed by atoms with van der Waals surface area (Å²) < 4.78 is 0. The number of benzene rings is 3. The Morgan fingerprint density at radius 2 is 1.46 bits per heavy atom. The predicted molar refractivity (Wildman–Crippen MR) is 146 cm³/mol. The molecule has 35 heavy (non-hydrogen) atoms. The minimum absolute atomic E-state index is 0.0178. The number of hydrogen-bond donors (Lipinski definition) is 1. The van der Waals surface area contributed by atoms with Crippen LogP contribution in [0.4, 0.5) is 0 Å². The van der Waals surface area contributed by atoms with Crippen LogP contribution in [0.1, 0.15) is 41.2 Å². The summed E-state index contributed by atoms with van der Waals surface area (Å²) in [6.45, 7) is 7.22. The Labute approximate surface area is 214 Å². The van der Waals surface area contributed by atoms with Gasteiger partial charge in [0.25, 0.3) is 0 Å². The summed E-state index contributed by atoms with van der Waals surface area (Å²) >= 11 is 1.60. The van der Waals surface area contributed by atoms with E-state index in [0.717, 1.165) is 23.3 Å². The number of aryl methyl sites for hydroxylation is 2. The van der Waals surface area contributed by atoms with Crippen LogP contribution >= 0.6 is 11.8 Å². The molecule has 0 heterocycles. The molecule has 0 bridgehead atoms. The maximum absolute atomic E-state index is 13.6. The number of amides is 2. The van der Waals surface area contributed by atoms with E-state index in [4.69, 9.17) is 0 Å². The molecule has 3 aromatic rings. The molecule has 5 heteroatoms. The molecule has 3 rings (SSSR count). The van der Waals surface area contributed by atoms with Crippen molar-refractivity contribution in [2.45, 2.75) is 52.0 Å². The van der Waals surface area contributed by atoms with Crippen LogP contribution in [0, 0.1) is 13.8 Å². The van der Waals surface area contributed by atoms with Crippen LogP contribution in [0.5, 0.6) is 0 Å². The highest BCUT2D eigenvalue weighted by atomic mass is 32.2. The molecule has 2 amide bonds. The standard InChI is InChI=1S/C30H36N2O2S/c1-4-15-31-30(34)28(19-25-11-7-5-8-12-25)32(20-26-13-9-6-10-14-26)29(33)22-35-21-27-17-23(2)16-24(3)18-27/h5-14,16-18,28H,4,15,19-22H2,1-3H3,(H,31,34)/t28-/m0/s1. The first kappa shape index (κ1) is 26.6. The van der Waals surface area contributed by atoms with E-state index in [2.05, 4.69) is 37.4 Å². The molecule has 184 valence electrons. The largest absolute Gasteiger partial charge is 0.354 e. The van der Waals surface area contributed by atoms with Crippen LogP contribution in [-0.4, -0.2) is 35.1 Å². The Hall–Kier alpha value is -3.05. The van der Waals surface area contributed by atoms with Gasteiger partial charge in [0.2, 0.25) is 11.8 Å². The molecule has 4 nitrogen and oxygen atoms in total. The third kappa shape index (κ3) is 8.59. The molecule has 0 unspecified atom stereocenters. The SMILES string of the molecule is CCCNC(=O)[C@H](Cc1ccccc1)N(Cc1ccccc1)C(=O)CSCc1cc(C)cc(C)c1. The maximum Gasteiger partial charge on any atom is 0.243 e. The van der Waals surface area contributed by atoms with E-state index in [1.807, 2.05) is 67.6 Å². The van der Waals surface area contributed by atoms with E-state index in [0.29, 0.717) is 25.3 Å². The fourth-order valence-electron chi connectivity index (χ4n) is 4.19. The second-order valence-electron chi connectivity index (χ2n) is 8.99. The molecule has 0 saturated carbocycles. The first-order chi connectivity index (χ1) is 17.0. The number of hydrogen-bond acceptors (Lipinski definition) is 3. The summed E-state index contributed by atoms with van der Waals surface area (Å²) in [7, 11) is 0. The summed E-state index contributed by atoms with van der Waals surface area (Å²) in [4.78, 5) is 28.7. The second-order valence-corrected chi connectivity index (χ2v) is 9.98. The van der Waals surface area contributed by atoms with Gasteiger partial charge in [-0.2, -0.15) is 0 Å². The summed E-state index contributed by atoms with van der Waals surface area (Å²) in [6.07, 6.45) is 1.33. The summed E-state index contributed by atoms with van der Waals surface area (Å²) in [5, 5.41) is 3.03. The smallest absolute Gasteiger partial charge is 0.243 e. The third-order valence-electron chi connectivity index (χ3n) is 5.79. The summed E-state index contributed by atoms with van der Waals surface area (Å²) in [6, 6.07) is 25.8. The average molecular weight is 489 g/mol. The fraction of sp³-hybridized carbons (Fsp3) is 0.333. The van der Waals surface area contributed by atoms with Gasteiger partial charge in [0.15, 0.2) is 0 Å². The van der Waals surface area contributed by atoms with Crippen molar-refractivity contribution < 1.29 is 9.59 Å². The molecule has 0 radical (unpaired) electrons. The molecule has 1 N–H and O–H groups in total. The van der Waals surface area contributed by atoms with Crippen molar-refractivity contribution in [1.29, 1.82) is 0 Å². The van der Waals surface area contributed by atoms with Gasteiger partial charge in [0.1, 0.15) is 6.04 Å². The van der Waals surface area contributed by atoms with Crippen molar-refractivity contribution in [2.24, 2.45) is 0 Å². The number of carbonyl (C=O) groups is 2. The third-order valence-corrected chi connectivity index (χ3v) is 6.78. The van der Waals surface area contributed by atoms with Crippen LogP contribution in [0.2, 0.25) is 0 Å². The molecule has 3 aromatic carbocycles. The second kappa shape index (κ2) is 13.7. The van der Waals surface area contributed by atoms with Crippen molar-refractivity contribution in [3.63, 3.8) is 0 Å². The molecule has 0 aliphatic heterocycles. The Bertz CT molecular complexity index is 1070. The molecule has 0 saturated heterocycles. The molecule has 0 aliphatic rings. The van der Waals surface area contributed by atoms with Gasteiger partial charge >= 0.3 is 0 Å². The van der Waals surface area contributed by atoms with Crippen molar-refractivity contribution in [3.05, 3.63) is 107 Å². The van der Waals surface area contributed by atoms with Crippen LogP contribution in [0.3, 0.4) is 0 Å². The van der Waals surface area contributed by atoms with Gasteiger partial charge in [-0.05, 0) is 37.0 Å². The Balaban J connectivity index is 1.81. The number of nitrogens with one attached hydrogen (secondary N) is 1. The maximum atomic E-state index is 13.6. The van der Waals surface area contributed by atoms with Gasteiger partial charge < -0.3 is 10.2 Å². The molecular weight excluding hydrogens is 452 g/mol. The van der Waals surface area contributed by atoms with Crippen molar-refractivity contribution >= 4 is 23.6 Å². The van der Waals surface area contributed by atoms with Crippen LogP contribution < -0.4 is 5.32 Å². The van der Waals surface area contributed by atoms with Crippen LogP contribution in [-0.2, 0) is 28.3 Å². The van der Waals surface area contributed by atoms with Gasteiger partial charge in [-0.15, -0.1) is 11.8 Å².